The maximum absolute atomic E-state index is 12.9. The second kappa shape index (κ2) is 5.92. The molecule has 26 heavy (non-hydrogen) atoms. The normalized spacial score (nSPS) is 17.5. The van der Waals surface area contributed by atoms with Crippen LogP contribution in [-0.2, 0) is 5.41 Å². The zero-order chi connectivity index (χ0) is 18.5. The molecule has 0 bridgehead atoms. The molecule has 0 fully saturated rings. The first-order valence-corrected chi connectivity index (χ1v) is 8.95. The maximum atomic E-state index is 12.9. The van der Waals surface area contributed by atoms with Crippen LogP contribution in [-0.4, -0.2) is 22.5 Å². The minimum absolute atomic E-state index is 0.170. The first-order chi connectivity index (χ1) is 12.5. The molecule has 0 radical (unpaired) electrons. The van der Waals surface area contributed by atoms with Crippen molar-refractivity contribution in [3.63, 3.8) is 0 Å². The number of nitrogens with zero attached hydrogens (tertiary/aromatic N) is 1. The first-order valence-electron chi connectivity index (χ1n) is 8.95. The highest BCUT2D eigenvalue weighted by Gasteiger charge is 2.42. The molecule has 132 valence electrons. The molecular formula is C22H22N2O2. The van der Waals surface area contributed by atoms with E-state index in [4.69, 9.17) is 4.98 Å². The largest absolute Gasteiger partial charge is 0.387 e. The van der Waals surface area contributed by atoms with E-state index in [9.17, 15) is 9.90 Å². The van der Waals surface area contributed by atoms with E-state index in [0.717, 1.165) is 22.0 Å². The summed E-state index contributed by atoms with van der Waals surface area (Å²) < 4.78 is 0. The van der Waals surface area contributed by atoms with Crippen LogP contribution in [0.4, 0.5) is 0 Å². The fourth-order valence-corrected chi connectivity index (χ4v) is 3.95. The Morgan fingerprint density at radius 2 is 1.85 bits per heavy atom. The van der Waals surface area contributed by atoms with Crippen molar-refractivity contribution in [2.24, 2.45) is 0 Å². The molecule has 2 N–H and O–H groups in total. The van der Waals surface area contributed by atoms with Crippen molar-refractivity contribution in [3.8, 4) is 11.3 Å². The molecule has 4 rings (SSSR count). The highest BCUT2D eigenvalue weighted by molar-refractivity contribution is 6.09. The predicted molar refractivity (Wildman–Crippen MR) is 103 cm³/mol. The van der Waals surface area contributed by atoms with Gasteiger partial charge in [0.2, 0.25) is 0 Å². The second-order valence-corrected chi connectivity index (χ2v) is 7.30. The van der Waals surface area contributed by atoms with E-state index in [1.54, 1.807) is 0 Å². The lowest BCUT2D eigenvalue weighted by Gasteiger charge is -2.39. The third-order valence-electron chi connectivity index (χ3n) is 5.33. The molecule has 0 saturated carbocycles. The second-order valence-electron chi connectivity index (χ2n) is 7.30. The molecule has 1 aliphatic rings. The van der Waals surface area contributed by atoms with Crippen LogP contribution < -0.4 is 5.32 Å². The van der Waals surface area contributed by atoms with Crippen LogP contribution in [0.25, 0.3) is 22.2 Å². The molecule has 1 aliphatic carbocycles. The summed E-state index contributed by atoms with van der Waals surface area (Å²) in [6.45, 7) is 6.44. The zero-order valence-electron chi connectivity index (χ0n) is 15.2. The molecule has 1 aromatic heterocycles. The Morgan fingerprint density at radius 3 is 2.62 bits per heavy atom. The first kappa shape index (κ1) is 16.7. The minimum Gasteiger partial charge on any atom is -0.387 e. The molecule has 1 amide bonds. The van der Waals surface area contributed by atoms with E-state index in [1.807, 2.05) is 69.3 Å². The molecule has 0 saturated heterocycles. The van der Waals surface area contributed by atoms with Crippen molar-refractivity contribution in [2.75, 3.05) is 6.54 Å². The minimum atomic E-state index is -0.817. The molecule has 0 spiro atoms. The van der Waals surface area contributed by atoms with Crippen LogP contribution >= 0.6 is 0 Å². The third kappa shape index (κ3) is 2.26. The summed E-state index contributed by atoms with van der Waals surface area (Å²) in [5.74, 6) is -0.170. The number of amides is 1. The molecule has 1 heterocycles. The quantitative estimate of drug-likeness (QED) is 0.738. The number of aliphatic hydroxyl groups excluding tert-OH is 1. The number of hydrogen-bond acceptors (Lipinski definition) is 3. The number of hydrogen-bond donors (Lipinski definition) is 2. The number of fused-ring (bicyclic) bond motifs is 4. The number of aromatic nitrogens is 1. The standard InChI is InChI=1S/C22H22N2O2/c1-4-23-21(26)17-14-10-6-8-12-16(14)24-19-13-9-5-7-11-15(13)22(2,3)20(25)18(17)19/h5-12,20,25H,4H2,1-3H3,(H,23,26). The number of aliphatic hydroxyl groups is 1. The van der Waals surface area contributed by atoms with Gasteiger partial charge in [0.25, 0.3) is 5.91 Å². The van der Waals surface area contributed by atoms with Gasteiger partial charge in [0.15, 0.2) is 0 Å². The lowest BCUT2D eigenvalue weighted by atomic mass is 9.68. The van der Waals surface area contributed by atoms with Gasteiger partial charge in [-0.2, -0.15) is 0 Å². The lowest BCUT2D eigenvalue weighted by Crippen LogP contribution is -2.35. The van der Waals surface area contributed by atoms with E-state index in [1.165, 1.54) is 0 Å². The van der Waals surface area contributed by atoms with Crippen LogP contribution in [0.1, 0.15) is 48.4 Å². The van der Waals surface area contributed by atoms with E-state index >= 15 is 0 Å². The van der Waals surface area contributed by atoms with Gasteiger partial charge in [0.05, 0.1) is 22.9 Å². The van der Waals surface area contributed by atoms with Crippen LogP contribution in [0.5, 0.6) is 0 Å². The molecule has 4 nitrogen and oxygen atoms in total. The van der Waals surface area contributed by atoms with Crippen molar-refractivity contribution >= 4 is 16.8 Å². The van der Waals surface area contributed by atoms with Crippen molar-refractivity contribution < 1.29 is 9.90 Å². The Hall–Kier alpha value is -2.72. The molecule has 1 unspecified atom stereocenters. The predicted octanol–water partition coefficient (Wildman–Crippen LogP) is 3.98. The summed E-state index contributed by atoms with van der Waals surface area (Å²) in [4.78, 5) is 17.8. The van der Waals surface area contributed by atoms with Crippen molar-refractivity contribution in [3.05, 3.63) is 65.2 Å². The number of pyridine rings is 1. The van der Waals surface area contributed by atoms with Crippen LogP contribution in [0.15, 0.2) is 48.5 Å². The van der Waals surface area contributed by atoms with Crippen molar-refractivity contribution in [1.29, 1.82) is 0 Å². The van der Waals surface area contributed by atoms with E-state index < -0.39 is 11.5 Å². The van der Waals surface area contributed by atoms with Gasteiger partial charge >= 0.3 is 0 Å². The Kier molecular flexibility index (Phi) is 3.81. The number of rotatable bonds is 2. The van der Waals surface area contributed by atoms with Gasteiger partial charge in [-0.05, 0) is 18.6 Å². The van der Waals surface area contributed by atoms with Crippen molar-refractivity contribution in [2.45, 2.75) is 32.3 Å². The average Bonchev–Trinajstić information content (AvgIpc) is 2.65. The summed E-state index contributed by atoms with van der Waals surface area (Å²) in [7, 11) is 0. The van der Waals surface area contributed by atoms with E-state index in [2.05, 4.69) is 5.32 Å². The number of carbonyl (C=O) groups excluding carboxylic acids is 1. The number of nitrogens with one attached hydrogen (secondary N) is 1. The summed E-state index contributed by atoms with van der Waals surface area (Å²) in [5, 5.41) is 14.9. The Balaban J connectivity index is 2.16. The van der Waals surface area contributed by atoms with Gasteiger partial charge < -0.3 is 10.4 Å². The number of carbonyl (C=O) groups is 1. The van der Waals surface area contributed by atoms with Gasteiger partial charge in [-0.25, -0.2) is 4.98 Å². The molecule has 0 aliphatic heterocycles. The van der Waals surface area contributed by atoms with Gasteiger partial charge in [-0.3, -0.25) is 4.79 Å². The summed E-state index contributed by atoms with van der Waals surface area (Å²) in [5.41, 5.74) is 4.12. The zero-order valence-corrected chi connectivity index (χ0v) is 15.2. The van der Waals surface area contributed by atoms with E-state index in [0.29, 0.717) is 23.4 Å². The summed E-state index contributed by atoms with van der Waals surface area (Å²) in [6, 6.07) is 15.6. The number of benzene rings is 2. The summed E-state index contributed by atoms with van der Waals surface area (Å²) >= 11 is 0. The van der Waals surface area contributed by atoms with Crippen LogP contribution in [0.2, 0.25) is 0 Å². The highest BCUT2D eigenvalue weighted by atomic mass is 16.3. The number of para-hydroxylation sites is 1. The van der Waals surface area contributed by atoms with Gasteiger partial charge in [-0.15, -0.1) is 0 Å². The van der Waals surface area contributed by atoms with Gasteiger partial charge in [0, 0.05) is 28.5 Å². The highest BCUT2D eigenvalue weighted by Crippen LogP contribution is 2.50. The third-order valence-corrected chi connectivity index (χ3v) is 5.33. The Labute approximate surface area is 152 Å². The monoisotopic (exact) mass is 346 g/mol. The molecule has 3 aromatic rings. The SMILES string of the molecule is CCNC(=O)c1c2c(nc3ccccc13)-c1ccccc1C(C)(C)C2O. The van der Waals surface area contributed by atoms with Crippen molar-refractivity contribution in [1.82, 2.24) is 10.3 Å². The molecule has 4 heteroatoms. The smallest absolute Gasteiger partial charge is 0.252 e. The Bertz CT molecular complexity index is 1020. The fraction of sp³-hybridized carbons (Fsp3) is 0.273. The molecule has 2 aromatic carbocycles. The van der Waals surface area contributed by atoms with Gasteiger partial charge in [0.1, 0.15) is 0 Å². The average molecular weight is 346 g/mol. The molecule has 1 atom stereocenters. The maximum Gasteiger partial charge on any atom is 0.252 e. The molecular weight excluding hydrogens is 324 g/mol. The van der Waals surface area contributed by atoms with E-state index in [-0.39, 0.29) is 5.91 Å². The fourth-order valence-electron chi connectivity index (χ4n) is 3.95. The summed E-state index contributed by atoms with van der Waals surface area (Å²) in [6.07, 6.45) is -0.817. The lowest BCUT2D eigenvalue weighted by molar-refractivity contribution is 0.0891. The Morgan fingerprint density at radius 1 is 1.15 bits per heavy atom. The van der Waals surface area contributed by atoms with Gasteiger partial charge in [-0.1, -0.05) is 56.3 Å². The van der Waals surface area contributed by atoms with Crippen LogP contribution in [0.3, 0.4) is 0 Å². The van der Waals surface area contributed by atoms with Crippen LogP contribution in [0, 0.1) is 0 Å². The topological polar surface area (TPSA) is 62.2 Å².